The van der Waals surface area contributed by atoms with E-state index in [0.29, 0.717) is 12.5 Å². The Labute approximate surface area is 151 Å². The molecule has 5 nitrogen and oxygen atoms in total. The van der Waals surface area contributed by atoms with Crippen LogP contribution in [0.15, 0.2) is 29.6 Å². The van der Waals surface area contributed by atoms with Gasteiger partial charge in [0.2, 0.25) is 0 Å². The topological polar surface area (TPSA) is 58.8 Å². The van der Waals surface area contributed by atoms with Crippen LogP contribution in [0.5, 0.6) is 0 Å². The summed E-state index contributed by atoms with van der Waals surface area (Å²) in [5.74, 6) is 0.652. The molecule has 3 aliphatic heterocycles. The van der Waals surface area contributed by atoms with Crippen LogP contribution in [0, 0.1) is 5.92 Å². The summed E-state index contributed by atoms with van der Waals surface area (Å²) in [7, 11) is 0. The molecule has 2 aromatic rings. The van der Waals surface area contributed by atoms with E-state index in [1.54, 1.807) is 11.3 Å². The van der Waals surface area contributed by atoms with Gasteiger partial charge in [0.15, 0.2) is 0 Å². The van der Waals surface area contributed by atoms with E-state index in [2.05, 4.69) is 34.5 Å². The van der Waals surface area contributed by atoms with Crippen molar-refractivity contribution in [1.82, 2.24) is 4.90 Å². The van der Waals surface area contributed by atoms with E-state index >= 15 is 0 Å². The van der Waals surface area contributed by atoms with E-state index in [1.807, 2.05) is 4.90 Å². The summed E-state index contributed by atoms with van der Waals surface area (Å²) in [4.78, 5) is 17.4. The first-order valence-corrected chi connectivity index (χ1v) is 9.94. The third-order valence-electron chi connectivity index (χ3n) is 6.11. The molecule has 6 heteroatoms. The van der Waals surface area contributed by atoms with Gasteiger partial charge in [-0.25, -0.2) is 0 Å². The minimum Gasteiger partial charge on any atom is -0.367 e. The lowest BCUT2D eigenvalue weighted by Crippen LogP contribution is -2.68. The smallest absolute Gasteiger partial charge is 0.254 e. The second kappa shape index (κ2) is 5.69. The van der Waals surface area contributed by atoms with Crippen LogP contribution in [0.2, 0.25) is 0 Å². The third kappa shape index (κ3) is 2.39. The molecule has 3 saturated heterocycles. The summed E-state index contributed by atoms with van der Waals surface area (Å²) in [5, 5.41) is 3.46. The van der Waals surface area contributed by atoms with E-state index in [0.717, 1.165) is 39.0 Å². The van der Waals surface area contributed by atoms with E-state index in [4.69, 9.17) is 10.5 Å². The van der Waals surface area contributed by atoms with Gasteiger partial charge in [0, 0.05) is 48.0 Å². The number of benzene rings is 1. The number of carbonyl (C=O) groups is 1. The number of piperazine rings is 1. The number of rotatable bonds is 2. The molecule has 1 unspecified atom stereocenters. The van der Waals surface area contributed by atoms with Crippen LogP contribution < -0.4 is 10.6 Å². The molecule has 25 heavy (non-hydrogen) atoms. The predicted molar refractivity (Wildman–Crippen MR) is 100 cm³/mol. The standard InChI is InChI=1S/C19H23N3O2S/c20-15-12-24-19(10-13(15)11-19)18(23)22-7-5-21(6-8-22)16-2-1-3-17-14(16)4-9-25-17/h1-4,9,13,15H,5-8,10-12,20H2. The fourth-order valence-corrected chi connectivity index (χ4v) is 5.34. The Morgan fingerprint density at radius 1 is 1.20 bits per heavy atom. The van der Waals surface area contributed by atoms with Crippen LogP contribution in [0.1, 0.15) is 12.8 Å². The van der Waals surface area contributed by atoms with Gasteiger partial charge in [-0.15, -0.1) is 11.3 Å². The van der Waals surface area contributed by atoms with Crippen LogP contribution in [0.4, 0.5) is 5.69 Å². The van der Waals surface area contributed by atoms with Crippen molar-refractivity contribution in [1.29, 1.82) is 0 Å². The average molecular weight is 357 g/mol. The first-order valence-electron chi connectivity index (χ1n) is 9.06. The van der Waals surface area contributed by atoms with Gasteiger partial charge in [0.25, 0.3) is 5.91 Å². The molecule has 1 atom stereocenters. The molecule has 1 saturated carbocycles. The van der Waals surface area contributed by atoms with Crippen molar-refractivity contribution in [3.05, 3.63) is 29.6 Å². The Hall–Kier alpha value is -1.63. The molecule has 4 aliphatic rings. The number of carbonyl (C=O) groups excluding carboxylic acids is 1. The highest BCUT2D eigenvalue weighted by Gasteiger charge is 2.58. The number of hydrogen-bond donors (Lipinski definition) is 1. The molecule has 0 spiro atoms. The van der Waals surface area contributed by atoms with E-state index in [-0.39, 0.29) is 11.9 Å². The molecule has 1 aliphatic carbocycles. The zero-order valence-electron chi connectivity index (χ0n) is 14.2. The monoisotopic (exact) mass is 357 g/mol. The Bertz CT molecular complexity index is 800. The summed E-state index contributed by atoms with van der Waals surface area (Å²) >= 11 is 1.78. The van der Waals surface area contributed by atoms with E-state index < -0.39 is 5.60 Å². The number of nitrogens with zero attached hydrogens (tertiary/aromatic N) is 2. The predicted octanol–water partition coefficient (Wildman–Crippen LogP) is 2.06. The SMILES string of the molecule is NC1COC2(C(=O)N3CCN(c4cccc5sccc45)CC3)CC1C2. The van der Waals surface area contributed by atoms with E-state index in [1.165, 1.54) is 15.8 Å². The van der Waals surface area contributed by atoms with Crippen molar-refractivity contribution in [2.45, 2.75) is 24.5 Å². The van der Waals surface area contributed by atoms with Gasteiger partial charge in [-0.2, -0.15) is 0 Å². The molecular formula is C19H23N3O2S. The first-order chi connectivity index (χ1) is 12.2. The largest absolute Gasteiger partial charge is 0.367 e. The quantitative estimate of drug-likeness (QED) is 0.894. The molecule has 4 fully saturated rings. The van der Waals surface area contributed by atoms with Crippen LogP contribution in [0.3, 0.4) is 0 Å². The maximum absolute atomic E-state index is 13.0. The van der Waals surface area contributed by atoms with Gasteiger partial charge in [-0.3, -0.25) is 4.79 Å². The van der Waals surface area contributed by atoms with E-state index in [9.17, 15) is 4.79 Å². The summed E-state index contributed by atoms with van der Waals surface area (Å²) in [6, 6.07) is 8.78. The van der Waals surface area contributed by atoms with Crippen LogP contribution >= 0.6 is 11.3 Å². The lowest BCUT2D eigenvalue weighted by Gasteiger charge is -2.55. The Morgan fingerprint density at radius 3 is 2.72 bits per heavy atom. The fourth-order valence-electron chi connectivity index (χ4n) is 4.53. The zero-order valence-corrected chi connectivity index (χ0v) is 15.0. The van der Waals surface area contributed by atoms with Gasteiger partial charge in [-0.05, 0) is 42.3 Å². The number of hydrogen-bond acceptors (Lipinski definition) is 5. The highest BCUT2D eigenvalue weighted by Crippen LogP contribution is 2.47. The maximum atomic E-state index is 13.0. The Kier molecular flexibility index (Phi) is 3.55. The van der Waals surface area contributed by atoms with Crippen LogP contribution in [-0.4, -0.2) is 55.2 Å². The second-order valence-corrected chi connectivity index (χ2v) is 8.47. The molecule has 4 heterocycles. The van der Waals surface area contributed by atoms with Crippen LogP contribution in [0.25, 0.3) is 10.1 Å². The second-order valence-electron chi connectivity index (χ2n) is 7.53. The van der Waals surface area contributed by atoms with Crippen molar-refractivity contribution < 1.29 is 9.53 Å². The molecule has 1 amide bonds. The minimum absolute atomic E-state index is 0.109. The van der Waals surface area contributed by atoms with Crippen LogP contribution in [-0.2, 0) is 9.53 Å². The Balaban J connectivity index is 1.27. The van der Waals surface area contributed by atoms with Gasteiger partial charge in [0.1, 0.15) is 5.60 Å². The molecule has 1 aromatic heterocycles. The van der Waals surface area contributed by atoms with Gasteiger partial charge in [0.05, 0.1) is 6.61 Å². The lowest BCUT2D eigenvalue weighted by molar-refractivity contribution is -0.205. The lowest BCUT2D eigenvalue weighted by atomic mass is 9.65. The number of fused-ring (bicyclic) bond motifs is 3. The molecular weight excluding hydrogens is 334 g/mol. The third-order valence-corrected chi connectivity index (χ3v) is 6.99. The number of thiophene rings is 1. The molecule has 0 radical (unpaired) electrons. The van der Waals surface area contributed by atoms with Gasteiger partial charge in [-0.1, -0.05) is 6.07 Å². The van der Waals surface area contributed by atoms with Gasteiger partial charge < -0.3 is 20.3 Å². The molecule has 6 rings (SSSR count). The average Bonchev–Trinajstić information content (AvgIpc) is 3.09. The van der Waals surface area contributed by atoms with Crippen molar-refractivity contribution in [2.75, 3.05) is 37.7 Å². The molecule has 2 bridgehead atoms. The molecule has 1 aromatic carbocycles. The highest BCUT2D eigenvalue weighted by molar-refractivity contribution is 7.17. The molecule has 132 valence electrons. The number of anilines is 1. The van der Waals surface area contributed by atoms with Gasteiger partial charge >= 0.3 is 0 Å². The summed E-state index contributed by atoms with van der Waals surface area (Å²) in [6.07, 6.45) is 1.61. The number of nitrogens with two attached hydrogens (primary N) is 1. The molecule has 2 N–H and O–H groups in total. The number of amides is 1. The highest BCUT2D eigenvalue weighted by atomic mass is 32.1. The minimum atomic E-state index is -0.559. The fraction of sp³-hybridized carbons (Fsp3) is 0.526. The summed E-state index contributed by atoms with van der Waals surface area (Å²) in [6.45, 7) is 3.80. The van der Waals surface area contributed by atoms with Crippen molar-refractivity contribution >= 4 is 33.0 Å². The summed E-state index contributed by atoms with van der Waals surface area (Å²) < 4.78 is 7.21. The van der Waals surface area contributed by atoms with Crippen molar-refractivity contribution in [2.24, 2.45) is 11.7 Å². The number of ether oxygens (including phenoxy) is 1. The van der Waals surface area contributed by atoms with Crippen molar-refractivity contribution in [3.63, 3.8) is 0 Å². The maximum Gasteiger partial charge on any atom is 0.254 e. The first kappa shape index (κ1) is 15.6. The normalized spacial score (nSPS) is 31.9. The summed E-state index contributed by atoms with van der Waals surface area (Å²) in [5.41, 5.74) is 6.74. The Morgan fingerprint density at radius 2 is 2.00 bits per heavy atom. The van der Waals surface area contributed by atoms with Crippen molar-refractivity contribution in [3.8, 4) is 0 Å². The zero-order chi connectivity index (χ0) is 17.0.